The van der Waals surface area contributed by atoms with E-state index < -0.39 is 10.0 Å². The highest BCUT2D eigenvalue weighted by atomic mass is 32.2. The van der Waals surface area contributed by atoms with Gasteiger partial charge >= 0.3 is 0 Å². The molecule has 2 aromatic rings. The highest BCUT2D eigenvalue weighted by Gasteiger charge is 2.18. The van der Waals surface area contributed by atoms with Gasteiger partial charge in [0.25, 0.3) is 5.91 Å². The van der Waals surface area contributed by atoms with E-state index in [1.54, 1.807) is 24.4 Å². The fourth-order valence-electron chi connectivity index (χ4n) is 2.01. The molecule has 0 aliphatic heterocycles. The number of rotatable bonds is 8. The zero-order valence-corrected chi connectivity index (χ0v) is 15.8. The molecule has 0 saturated heterocycles. The molecule has 0 aliphatic carbocycles. The van der Waals surface area contributed by atoms with Gasteiger partial charge in [-0.05, 0) is 38.1 Å². The van der Waals surface area contributed by atoms with Gasteiger partial charge in [0.2, 0.25) is 10.0 Å². The van der Waals surface area contributed by atoms with E-state index in [-0.39, 0.29) is 16.8 Å². The summed E-state index contributed by atoms with van der Waals surface area (Å²) in [5, 5.41) is 5.13. The maximum Gasteiger partial charge on any atom is 0.275 e. The quantitative estimate of drug-likeness (QED) is 0.646. The third-order valence-electron chi connectivity index (χ3n) is 3.51. The molecule has 25 heavy (non-hydrogen) atoms. The molecule has 7 nitrogen and oxygen atoms in total. The Bertz CT molecular complexity index is 833. The van der Waals surface area contributed by atoms with Crippen LogP contribution in [-0.4, -0.2) is 31.9 Å². The Morgan fingerprint density at radius 1 is 1.40 bits per heavy atom. The highest BCUT2D eigenvalue weighted by molar-refractivity contribution is 7.89. The van der Waals surface area contributed by atoms with Gasteiger partial charge in [-0.1, -0.05) is 13.0 Å². The first-order valence-electron chi connectivity index (χ1n) is 7.94. The number of carbonyl (C=O) groups is 1. The summed E-state index contributed by atoms with van der Waals surface area (Å²) >= 11 is 1.37. The lowest BCUT2D eigenvalue weighted by atomic mass is 10.3. The molecule has 1 unspecified atom stereocenters. The van der Waals surface area contributed by atoms with E-state index >= 15 is 0 Å². The predicted molar refractivity (Wildman–Crippen MR) is 99.3 cm³/mol. The van der Waals surface area contributed by atoms with Crippen molar-refractivity contribution in [1.29, 1.82) is 0 Å². The maximum absolute atomic E-state index is 12.3. The van der Waals surface area contributed by atoms with E-state index in [9.17, 15) is 13.2 Å². The molecule has 1 heterocycles. The minimum atomic E-state index is -3.63. The van der Waals surface area contributed by atoms with Gasteiger partial charge < -0.3 is 11.1 Å². The smallest absolute Gasteiger partial charge is 0.275 e. The number of sulfonamides is 1. The van der Waals surface area contributed by atoms with Crippen molar-refractivity contribution in [3.05, 3.63) is 40.3 Å². The number of carbonyl (C=O) groups excluding carboxylic acids is 1. The monoisotopic (exact) mass is 382 g/mol. The first-order valence-corrected chi connectivity index (χ1v) is 10.3. The number of thiazole rings is 1. The lowest BCUT2D eigenvalue weighted by molar-refractivity contribution is 0.102. The average Bonchev–Trinajstić information content (AvgIpc) is 3.04. The molecule has 0 spiro atoms. The predicted octanol–water partition coefficient (Wildman–Crippen LogP) is 1.97. The highest BCUT2D eigenvalue weighted by Crippen LogP contribution is 2.18. The van der Waals surface area contributed by atoms with Crippen molar-refractivity contribution in [3.63, 3.8) is 0 Å². The first-order chi connectivity index (χ1) is 11.9. The Labute approximate surface area is 151 Å². The molecule has 4 N–H and O–H groups in total. The number of benzene rings is 1. The molecule has 1 amide bonds. The number of hydrogen-bond donors (Lipinski definition) is 3. The van der Waals surface area contributed by atoms with Crippen LogP contribution in [0.4, 0.5) is 5.69 Å². The van der Waals surface area contributed by atoms with Gasteiger partial charge in [0, 0.05) is 23.5 Å². The molecule has 0 bridgehead atoms. The third-order valence-corrected chi connectivity index (χ3v) is 6.01. The van der Waals surface area contributed by atoms with Crippen molar-refractivity contribution in [1.82, 2.24) is 9.71 Å². The van der Waals surface area contributed by atoms with Crippen molar-refractivity contribution < 1.29 is 13.2 Å². The SMILES string of the molecule is CCC(C)NS(=O)(=O)c1cccc(NC(=O)c2csc(CCN)n2)c1. The molecule has 136 valence electrons. The minimum absolute atomic E-state index is 0.104. The molecule has 0 fully saturated rings. The van der Waals surface area contributed by atoms with Crippen molar-refractivity contribution in [2.24, 2.45) is 5.73 Å². The summed E-state index contributed by atoms with van der Waals surface area (Å²) in [5.74, 6) is -0.385. The summed E-state index contributed by atoms with van der Waals surface area (Å²) in [7, 11) is -3.63. The zero-order valence-electron chi connectivity index (χ0n) is 14.2. The van der Waals surface area contributed by atoms with Gasteiger partial charge in [-0.2, -0.15) is 0 Å². The largest absolute Gasteiger partial charge is 0.330 e. The van der Waals surface area contributed by atoms with Crippen LogP contribution in [-0.2, 0) is 16.4 Å². The standard InChI is InChI=1S/C16H22N4O3S2/c1-3-11(2)20-25(22,23)13-6-4-5-12(9-13)18-16(21)14-10-24-15(19-14)7-8-17/h4-6,9-11,20H,3,7-8,17H2,1-2H3,(H,18,21). The molecule has 0 aliphatic rings. The summed E-state index contributed by atoms with van der Waals surface area (Å²) < 4.78 is 27.3. The molecule has 0 radical (unpaired) electrons. The number of amides is 1. The second kappa shape index (κ2) is 8.52. The number of aromatic nitrogens is 1. The minimum Gasteiger partial charge on any atom is -0.330 e. The van der Waals surface area contributed by atoms with Crippen LogP contribution in [0, 0.1) is 0 Å². The van der Waals surface area contributed by atoms with Crippen molar-refractivity contribution in [2.45, 2.75) is 37.6 Å². The topological polar surface area (TPSA) is 114 Å². The van der Waals surface area contributed by atoms with E-state index in [1.807, 2.05) is 6.92 Å². The Kier molecular flexibility index (Phi) is 6.65. The van der Waals surface area contributed by atoms with Crippen LogP contribution in [0.25, 0.3) is 0 Å². The fraction of sp³-hybridized carbons (Fsp3) is 0.375. The van der Waals surface area contributed by atoms with Crippen LogP contribution in [0.5, 0.6) is 0 Å². The second-order valence-corrected chi connectivity index (χ2v) is 8.23. The van der Waals surface area contributed by atoms with Crippen LogP contribution in [0.15, 0.2) is 34.5 Å². The summed E-state index contributed by atoms with van der Waals surface area (Å²) in [6, 6.07) is 5.96. The van der Waals surface area contributed by atoms with Gasteiger partial charge in [-0.3, -0.25) is 4.79 Å². The van der Waals surface area contributed by atoms with Gasteiger partial charge in [-0.25, -0.2) is 18.1 Å². The normalized spacial score (nSPS) is 12.8. The lowest BCUT2D eigenvalue weighted by Crippen LogP contribution is -2.32. The molecule has 1 aromatic carbocycles. The van der Waals surface area contributed by atoms with Gasteiger partial charge in [0.1, 0.15) is 5.69 Å². The summed E-state index contributed by atoms with van der Waals surface area (Å²) in [5.41, 5.74) is 6.16. The number of nitrogens with one attached hydrogen (secondary N) is 2. The third kappa shape index (κ3) is 5.33. The average molecular weight is 383 g/mol. The van der Waals surface area contributed by atoms with Crippen LogP contribution in [0.2, 0.25) is 0 Å². The number of nitrogens with two attached hydrogens (primary N) is 1. The zero-order chi connectivity index (χ0) is 18.4. The lowest BCUT2D eigenvalue weighted by Gasteiger charge is -2.13. The van der Waals surface area contributed by atoms with Crippen LogP contribution >= 0.6 is 11.3 Å². The van der Waals surface area contributed by atoms with Crippen molar-refractivity contribution >= 4 is 33.0 Å². The van der Waals surface area contributed by atoms with E-state index in [0.717, 1.165) is 5.01 Å². The van der Waals surface area contributed by atoms with E-state index in [4.69, 9.17) is 5.73 Å². The molecule has 9 heteroatoms. The summed E-state index contributed by atoms with van der Waals surface area (Å²) in [4.78, 5) is 16.6. The van der Waals surface area contributed by atoms with Gasteiger partial charge in [-0.15, -0.1) is 11.3 Å². The Balaban J connectivity index is 2.14. The van der Waals surface area contributed by atoms with Gasteiger partial charge in [0.15, 0.2) is 0 Å². The number of anilines is 1. The van der Waals surface area contributed by atoms with Crippen LogP contribution < -0.4 is 15.8 Å². The Morgan fingerprint density at radius 2 is 2.16 bits per heavy atom. The van der Waals surface area contributed by atoms with Crippen LogP contribution in [0.3, 0.4) is 0 Å². The summed E-state index contributed by atoms with van der Waals surface area (Å²) in [6.45, 7) is 4.17. The fourth-order valence-corrected chi connectivity index (χ4v) is 4.17. The molecule has 1 aromatic heterocycles. The molecule has 2 rings (SSSR count). The Morgan fingerprint density at radius 3 is 2.84 bits per heavy atom. The first kappa shape index (κ1) is 19.5. The van der Waals surface area contributed by atoms with E-state index in [1.165, 1.54) is 23.5 Å². The van der Waals surface area contributed by atoms with Crippen molar-refractivity contribution in [2.75, 3.05) is 11.9 Å². The molecular formula is C16H22N4O3S2. The maximum atomic E-state index is 12.3. The molecule has 0 saturated carbocycles. The number of nitrogens with zero attached hydrogens (tertiary/aromatic N) is 1. The van der Waals surface area contributed by atoms with E-state index in [0.29, 0.717) is 30.8 Å². The number of hydrogen-bond acceptors (Lipinski definition) is 6. The van der Waals surface area contributed by atoms with E-state index in [2.05, 4.69) is 15.0 Å². The Hall–Kier alpha value is -1.81. The van der Waals surface area contributed by atoms with Crippen molar-refractivity contribution in [3.8, 4) is 0 Å². The molecule has 1 atom stereocenters. The molecular weight excluding hydrogens is 360 g/mol. The van der Waals surface area contributed by atoms with Gasteiger partial charge in [0.05, 0.1) is 9.90 Å². The van der Waals surface area contributed by atoms with Crippen LogP contribution in [0.1, 0.15) is 35.8 Å². The second-order valence-electron chi connectivity index (χ2n) is 5.58. The summed E-state index contributed by atoms with van der Waals surface area (Å²) in [6.07, 6.45) is 1.30.